The van der Waals surface area contributed by atoms with Crippen LogP contribution in [0.25, 0.3) is 0 Å². The Morgan fingerprint density at radius 2 is 2.05 bits per heavy atom. The van der Waals surface area contributed by atoms with Gasteiger partial charge in [-0.2, -0.15) is 0 Å². The van der Waals surface area contributed by atoms with Gasteiger partial charge in [-0.15, -0.1) is 0 Å². The third-order valence-electron chi connectivity index (χ3n) is 4.71. The van der Waals surface area contributed by atoms with E-state index in [9.17, 15) is 4.79 Å². The van der Waals surface area contributed by atoms with E-state index in [2.05, 4.69) is 0 Å². The van der Waals surface area contributed by atoms with E-state index in [0.717, 1.165) is 57.6 Å². The summed E-state index contributed by atoms with van der Waals surface area (Å²) in [6.07, 6.45) is 5.32. The van der Waals surface area contributed by atoms with Gasteiger partial charge in [-0.25, -0.2) is 0 Å². The van der Waals surface area contributed by atoms with Crippen molar-refractivity contribution in [2.75, 3.05) is 33.8 Å². The van der Waals surface area contributed by atoms with Crippen molar-refractivity contribution in [3.05, 3.63) is 23.7 Å². The molecule has 3 rings (SSSR count). The lowest BCUT2D eigenvalue weighted by molar-refractivity contribution is -0.00698. The zero-order valence-electron chi connectivity index (χ0n) is 13.6. The van der Waals surface area contributed by atoms with Crippen LogP contribution < -0.4 is 0 Å². The molecule has 2 aliphatic heterocycles. The van der Waals surface area contributed by atoms with Crippen LogP contribution in [-0.2, 0) is 11.3 Å². The maximum absolute atomic E-state index is 12.6. The summed E-state index contributed by atoms with van der Waals surface area (Å²) in [5, 5.41) is 0. The van der Waals surface area contributed by atoms with E-state index >= 15 is 0 Å². The predicted octanol–water partition coefficient (Wildman–Crippen LogP) is 2.52. The summed E-state index contributed by atoms with van der Waals surface area (Å²) in [7, 11) is 3.97. The highest BCUT2D eigenvalue weighted by atomic mass is 16.5. The average Bonchev–Trinajstić information content (AvgIpc) is 3.06. The molecule has 5 heteroatoms. The molecule has 2 aliphatic rings. The third-order valence-corrected chi connectivity index (χ3v) is 4.71. The molecule has 22 heavy (non-hydrogen) atoms. The molecule has 1 spiro atoms. The van der Waals surface area contributed by atoms with Crippen LogP contribution in [0.1, 0.15) is 48.4 Å². The zero-order valence-corrected chi connectivity index (χ0v) is 13.6. The van der Waals surface area contributed by atoms with E-state index in [1.807, 2.05) is 30.0 Å². The highest BCUT2D eigenvalue weighted by Crippen LogP contribution is 2.35. The number of hydrogen-bond donors (Lipinski definition) is 0. The molecule has 2 saturated heterocycles. The van der Waals surface area contributed by atoms with Gasteiger partial charge in [0.05, 0.1) is 12.1 Å². The van der Waals surface area contributed by atoms with Crippen LogP contribution in [0.2, 0.25) is 0 Å². The molecule has 0 saturated carbocycles. The van der Waals surface area contributed by atoms with Crippen LogP contribution in [0, 0.1) is 0 Å². The van der Waals surface area contributed by atoms with Gasteiger partial charge in [-0.3, -0.25) is 4.79 Å². The summed E-state index contributed by atoms with van der Waals surface area (Å²) < 4.78 is 11.7. The summed E-state index contributed by atoms with van der Waals surface area (Å²) in [4.78, 5) is 16.6. The summed E-state index contributed by atoms with van der Waals surface area (Å²) in [6.45, 7) is 3.15. The number of furan rings is 1. The van der Waals surface area contributed by atoms with Gasteiger partial charge in [0.15, 0.2) is 5.76 Å². The first-order valence-electron chi connectivity index (χ1n) is 8.25. The number of carbonyl (C=O) groups is 1. The van der Waals surface area contributed by atoms with Crippen LogP contribution >= 0.6 is 0 Å². The predicted molar refractivity (Wildman–Crippen MR) is 83.8 cm³/mol. The van der Waals surface area contributed by atoms with E-state index < -0.39 is 0 Å². The van der Waals surface area contributed by atoms with Crippen molar-refractivity contribution in [1.82, 2.24) is 9.80 Å². The lowest BCUT2D eigenvalue weighted by atomic mass is 9.92. The molecule has 3 heterocycles. The van der Waals surface area contributed by atoms with Crippen LogP contribution in [0.5, 0.6) is 0 Å². The van der Waals surface area contributed by atoms with Crippen LogP contribution in [0.15, 0.2) is 16.5 Å². The number of rotatable bonds is 3. The van der Waals surface area contributed by atoms with Gasteiger partial charge in [0.2, 0.25) is 0 Å². The second-order valence-electron chi connectivity index (χ2n) is 6.78. The second kappa shape index (κ2) is 6.42. The Bertz CT molecular complexity index is 518. The molecule has 0 unspecified atom stereocenters. The standard InChI is InChI=1S/C17H26N2O3/c1-18(2)13-14-5-6-15(22-14)16(20)19-10-3-7-17(9-11-19)8-4-12-21-17/h5-6H,3-4,7-13H2,1-2H3/t17-/m1/s1. The molecule has 0 bridgehead atoms. The summed E-state index contributed by atoms with van der Waals surface area (Å²) >= 11 is 0. The minimum atomic E-state index is 0.0139. The lowest BCUT2D eigenvalue weighted by Gasteiger charge is -2.26. The van der Waals surface area contributed by atoms with Crippen molar-refractivity contribution in [1.29, 1.82) is 0 Å². The Morgan fingerprint density at radius 3 is 2.77 bits per heavy atom. The number of hydrogen-bond acceptors (Lipinski definition) is 4. The van der Waals surface area contributed by atoms with E-state index in [1.54, 1.807) is 6.07 Å². The van der Waals surface area contributed by atoms with E-state index in [0.29, 0.717) is 12.3 Å². The van der Waals surface area contributed by atoms with E-state index in [-0.39, 0.29) is 11.5 Å². The van der Waals surface area contributed by atoms with Crippen LogP contribution in [0.4, 0.5) is 0 Å². The van der Waals surface area contributed by atoms with Crippen LogP contribution in [0.3, 0.4) is 0 Å². The Hall–Kier alpha value is -1.33. The Kier molecular flexibility index (Phi) is 4.54. The van der Waals surface area contributed by atoms with Gasteiger partial charge < -0.3 is 19.0 Å². The topological polar surface area (TPSA) is 45.9 Å². The Balaban J connectivity index is 1.63. The quantitative estimate of drug-likeness (QED) is 0.861. The molecule has 0 N–H and O–H groups in total. The Labute approximate surface area is 132 Å². The largest absolute Gasteiger partial charge is 0.455 e. The smallest absolute Gasteiger partial charge is 0.289 e. The van der Waals surface area contributed by atoms with Crippen molar-refractivity contribution in [3.8, 4) is 0 Å². The van der Waals surface area contributed by atoms with Crippen molar-refractivity contribution < 1.29 is 13.9 Å². The average molecular weight is 306 g/mol. The first-order chi connectivity index (χ1) is 10.6. The molecule has 0 aliphatic carbocycles. The number of carbonyl (C=O) groups excluding carboxylic acids is 1. The van der Waals surface area contributed by atoms with Gasteiger partial charge in [0.1, 0.15) is 5.76 Å². The van der Waals surface area contributed by atoms with Gasteiger partial charge in [0, 0.05) is 19.7 Å². The summed E-state index contributed by atoms with van der Waals surface area (Å²) in [5.41, 5.74) is 0.0360. The highest BCUT2D eigenvalue weighted by molar-refractivity contribution is 5.91. The van der Waals surface area contributed by atoms with Crippen molar-refractivity contribution in [2.24, 2.45) is 0 Å². The van der Waals surface area contributed by atoms with Gasteiger partial charge >= 0.3 is 0 Å². The number of amides is 1. The normalized spacial score (nSPS) is 25.9. The molecule has 1 amide bonds. The zero-order chi connectivity index (χ0) is 15.6. The van der Waals surface area contributed by atoms with E-state index in [1.165, 1.54) is 0 Å². The van der Waals surface area contributed by atoms with Crippen molar-refractivity contribution in [2.45, 2.75) is 44.2 Å². The van der Waals surface area contributed by atoms with Gasteiger partial charge in [-0.05, 0) is 58.3 Å². The van der Waals surface area contributed by atoms with E-state index in [4.69, 9.17) is 9.15 Å². The number of nitrogens with zero attached hydrogens (tertiary/aromatic N) is 2. The van der Waals surface area contributed by atoms with Crippen molar-refractivity contribution >= 4 is 5.91 Å². The molecule has 0 radical (unpaired) electrons. The van der Waals surface area contributed by atoms with Gasteiger partial charge in [-0.1, -0.05) is 0 Å². The van der Waals surface area contributed by atoms with Gasteiger partial charge in [0.25, 0.3) is 5.91 Å². The number of likely N-dealkylation sites (tertiary alicyclic amines) is 1. The molecule has 1 aromatic heterocycles. The summed E-state index contributed by atoms with van der Waals surface area (Å²) in [6, 6.07) is 3.69. The molecule has 122 valence electrons. The molecular weight excluding hydrogens is 280 g/mol. The fourth-order valence-corrected chi connectivity index (χ4v) is 3.57. The minimum absolute atomic E-state index is 0.0139. The monoisotopic (exact) mass is 306 g/mol. The molecule has 1 atom stereocenters. The molecule has 5 nitrogen and oxygen atoms in total. The maximum Gasteiger partial charge on any atom is 0.289 e. The fourth-order valence-electron chi connectivity index (χ4n) is 3.57. The van der Waals surface area contributed by atoms with Crippen molar-refractivity contribution in [3.63, 3.8) is 0 Å². The molecule has 1 aromatic rings. The Morgan fingerprint density at radius 1 is 1.23 bits per heavy atom. The SMILES string of the molecule is CN(C)Cc1ccc(C(=O)N2CCC[C@@]3(CCCO3)CC2)o1. The summed E-state index contributed by atoms with van der Waals surface area (Å²) in [5.74, 6) is 1.30. The first-order valence-corrected chi connectivity index (χ1v) is 8.25. The molecule has 2 fully saturated rings. The lowest BCUT2D eigenvalue weighted by Crippen LogP contribution is -2.34. The maximum atomic E-state index is 12.6. The fraction of sp³-hybridized carbons (Fsp3) is 0.706. The minimum Gasteiger partial charge on any atom is -0.455 e. The number of ether oxygens (including phenoxy) is 1. The van der Waals surface area contributed by atoms with Crippen LogP contribution in [-0.4, -0.2) is 55.1 Å². The highest BCUT2D eigenvalue weighted by Gasteiger charge is 2.37. The second-order valence-corrected chi connectivity index (χ2v) is 6.78. The molecule has 0 aromatic carbocycles. The molecular formula is C17H26N2O3. The third kappa shape index (κ3) is 3.36. The first kappa shape index (κ1) is 15.6.